The molecule has 0 saturated heterocycles. The minimum atomic E-state index is -4.50. The number of aromatic nitrogens is 4. The molecule has 0 aromatic carbocycles. The largest absolute Gasteiger partial charge is 0.435 e. The first-order valence-electron chi connectivity index (χ1n) is 5.17. The second-order valence-electron chi connectivity index (χ2n) is 3.55. The van der Waals surface area contributed by atoms with Crippen LogP contribution in [-0.4, -0.2) is 20.2 Å². The zero-order chi connectivity index (χ0) is 13.9. The Labute approximate surface area is 105 Å². The summed E-state index contributed by atoms with van der Waals surface area (Å²) < 4.78 is 36.8. The van der Waals surface area contributed by atoms with Gasteiger partial charge in [-0.25, -0.2) is 9.97 Å². The zero-order valence-corrected chi connectivity index (χ0v) is 9.52. The average molecular weight is 270 g/mol. The smallest absolute Gasteiger partial charge is 0.384 e. The lowest BCUT2D eigenvalue weighted by Crippen LogP contribution is -2.11. The molecule has 0 spiro atoms. The molecule has 9 heteroatoms. The number of anilines is 2. The third kappa shape index (κ3) is 3.50. The molecule has 100 valence electrons. The van der Waals surface area contributed by atoms with Gasteiger partial charge in [-0.3, -0.25) is 0 Å². The van der Waals surface area contributed by atoms with Gasteiger partial charge in [0, 0.05) is 6.20 Å². The molecular weight excluding hydrogens is 261 g/mol. The average Bonchev–Trinajstić information content (AvgIpc) is 2.36. The Morgan fingerprint density at radius 2 is 1.95 bits per heavy atom. The van der Waals surface area contributed by atoms with E-state index in [0.29, 0.717) is 11.6 Å². The van der Waals surface area contributed by atoms with E-state index in [2.05, 4.69) is 25.5 Å². The first kappa shape index (κ1) is 13.0. The number of hydrogen-bond acceptors (Lipinski definition) is 6. The van der Waals surface area contributed by atoms with Crippen LogP contribution in [-0.2, 0) is 12.7 Å². The summed E-state index contributed by atoms with van der Waals surface area (Å²) in [6.45, 7) is 0.186. The normalized spacial score (nSPS) is 11.3. The second-order valence-corrected chi connectivity index (χ2v) is 3.55. The zero-order valence-electron chi connectivity index (χ0n) is 9.52. The van der Waals surface area contributed by atoms with Gasteiger partial charge in [0.05, 0.1) is 6.54 Å². The van der Waals surface area contributed by atoms with Crippen LogP contribution in [0.3, 0.4) is 0 Å². The Hall–Kier alpha value is -2.45. The SMILES string of the molecule is Nc1ccnc(CNc2ccc(C(F)(F)F)nn2)n1. The molecule has 0 aliphatic heterocycles. The number of nitrogens with two attached hydrogens (primary N) is 1. The van der Waals surface area contributed by atoms with Crippen molar-refractivity contribution in [3.63, 3.8) is 0 Å². The Morgan fingerprint density at radius 1 is 1.16 bits per heavy atom. The van der Waals surface area contributed by atoms with Gasteiger partial charge < -0.3 is 11.1 Å². The molecule has 0 radical (unpaired) electrons. The van der Waals surface area contributed by atoms with Crippen LogP contribution >= 0.6 is 0 Å². The third-order valence-electron chi connectivity index (χ3n) is 2.11. The number of nitrogens with one attached hydrogen (secondary N) is 1. The number of hydrogen-bond donors (Lipinski definition) is 2. The van der Waals surface area contributed by atoms with E-state index < -0.39 is 11.9 Å². The van der Waals surface area contributed by atoms with E-state index in [4.69, 9.17) is 5.73 Å². The topological polar surface area (TPSA) is 89.6 Å². The van der Waals surface area contributed by atoms with Gasteiger partial charge in [-0.2, -0.15) is 13.2 Å². The van der Waals surface area contributed by atoms with Gasteiger partial charge in [0.1, 0.15) is 17.5 Å². The van der Waals surface area contributed by atoms with Crippen molar-refractivity contribution >= 4 is 11.6 Å². The van der Waals surface area contributed by atoms with Crippen molar-refractivity contribution in [2.24, 2.45) is 0 Å². The van der Waals surface area contributed by atoms with Crippen LogP contribution in [0.1, 0.15) is 11.5 Å². The Bertz CT molecular complexity index is 554. The highest BCUT2D eigenvalue weighted by atomic mass is 19.4. The van der Waals surface area contributed by atoms with Crippen molar-refractivity contribution in [1.82, 2.24) is 20.2 Å². The van der Waals surface area contributed by atoms with E-state index in [1.807, 2.05) is 0 Å². The van der Waals surface area contributed by atoms with E-state index in [9.17, 15) is 13.2 Å². The summed E-state index contributed by atoms with van der Waals surface area (Å²) in [6.07, 6.45) is -3.01. The molecule has 0 bridgehead atoms. The maximum Gasteiger partial charge on any atom is 0.435 e. The molecule has 3 N–H and O–H groups in total. The predicted octanol–water partition coefficient (Wildman–Crippen LogP) is 1.48. The molecule has 19 heavy (non-hydrogen) atoms. The summed E-state index contributed by atoms with van der Waals surface area (Å²) >= 11 is 0. The number of nitrogen functional groups attached to an aromatic ring is 1. The third-order valence-corrected chi connectivity index (χ3v) is 2.11. The first-order valence-corrected chi connectivity index (χ1v) is 5.17. The van der Waals surface area contributed by atoms with E-state index >= 15 is 0 Å². The lowest BCUT2D eigenvalue weighted by atomic mass is 10.4. The van der Waals surface area contributed by atoms with Crippen LogP contribution in [0.2, 0.25) is 0 Å². The van der Waals surface area contributed by atoms with Crippen LogP contribution in [0, 0.1) is 0 Å². The molecule has 0 aliphatic carbocycles. The van der Waals surface area contributed by atoms with Crippen molar-refractivity contribution in [3.05, 3.63) is 35.9 Å². The highest BCUT2D eigenvalue weighted by Gasteiger charge is 2.32. The van der Waals surface area contributed by atoms with E-state index in [1.165, 1.54) is 18.3 Å². The van der Waals surface area contributed by atoms with Crippen LogP contribution in [0.15, 0.2) is 24.4 Å². The van der Waals surface area contributed by atoms with Crippen molar-refractivity contribution in [2.75, 3.05) is 11.1 Å². The van der Waals surface area contributed by atoms with Gasteiger partial charge in [0.2, 0.25) is 0 Å². The second kappa shape index (κ2) is 5.04. The maximum absolute atomic E-state index is 12.3. The Morgan fingerprint density at radius 3 is 2.53 bits per heavy atom. The molecule has 2 aromatic heterocycles. The summed E-state index contributed by atoms with van der Waals surface area (Å²) in [4.78, 5) is 7.85. The van der Waals surface area contributed by atoms with Crippen molar-refractivity contribution in [2.45, 2.75) is 12.7 Å². The maximum atomic E-state index is 12.3. The lowest BCUT2D eigenvalue weighted by Gasteiger charge is -2.06. The number of nitrogens with zero attached hydrogens (tertiary/aromatic N) is 4. The fourth-order valence-corrected chi connectivity index (χ4v) is 1.25. The number of rotatable bonds is 3. The molecule has 0 fully saturated rings. The van der Waals surface area contributed by atoms with Gasteiger partial charge in [-0.15, -0.1) is 10.2 Å². The highest BCUT2D eigenvalue weighted by molar-refractivity contribution is 5.34. The van der Waals surface area contributed by atoms with Gasteiger partial charge in [-0.1, -0.05) is 0 Å². The molecule has 0 unspecified atom stereocenters. The summed E-state index contributed by atoms with van der Waals surface area (Å²) in [7, 11) is 0. The minimum absolute atomic E-state index is 0.186. The first-order chi connectivity index (χ1) is 8.95. The Kier molecular flexibility index (Phi) is 3.45. The van der Waals surface area contributed by atoms with Crippen molar-refractivity contribution in [3.8, 4) is 0 Å². The van der Waals surface area contributed by atoms with Crippen LogP contribution < -0.4 is 11.1 Å². The van der Waals surface area contributed by atoms with Crippen molar-refractivity contribution in [1.29, 1.82) is 0 Å². The summed E-state index contributed by atoms with van der Waals surface area (Å²) in [6, 6.07) is 3.55. The van der Waals surface area contributed by atoms with Gasteiger partial charge in [0.15, 0.2) is 5.69 Å². The van der Waals surface area contributed by atoms with Crippen molar-refractivity contribution < 1.29 is 13.2 Å². The Balaban J connectivity index is 2.01. The fourth-order valence-electron chi connectivity index (χ4n) is 1.25. The molecule has 6 nitrogen and oxygen atoms in total. The predicted molar refractivity (Wildman–Crippen MR) is 60.8 cm³/mol. The molecule has 0 atom stereocenters. The molecule has 2 heterocycles. The van der Waals surface area contributed by atoms with E-state index in [0.717, 1.165) is 6.07 Å². The molecular formula is C10H9F3N6. The number of alkyl halides is 3. The minimum Gasteiger partial charge on any atom is -0.384 e. The van der Waals surface area contributed by atoms with E-state index in [1.54, 1.807) is 0 Å². The standard InChI is InChI=1S/C10H9F3N6/c11-10(12,13)6-1-2-8(19-18-6)16-5-9-15-4-3-7(14)17-9/h1-4H,5H2,(H,16,19)(H2,14,15,17). The number of halogens is 3. The van der Waals surface area contributed by atoms with Crippen LogP contribution in [0.25, 0.3) is 0 Å². The van der Waals surface area contributed by atoms with Gasteiger partial charge in [0.25, 0.3) is 0 Å². The lowest BCUT2D eigenvalue weighted by molar-refractivity contribution is -0.141. The summed E-state index contributed by atoms with van der Waals surface area (Å²) in [5.74, 6) is 0.908. The molecule has 0 saturated carbocycles. The molecule has 0 aliphatic rings. The molecule has 2 rings (SSSR count). The summed E-state index contributed by atoms with van der Waals surface area (Å²) in [5, 5.41) is 9.24. The van der Waals surface area contributed by atoms with Crippen LogP contribution in [0.4, 0.5) is 24.8 Å². The van der Waals surface area contributed by atoms with E-state index in [-0.39, 0.29) is 12.4 Å². The molecule has 2 aromatic rings. The monoisotopic (exact) mass is 270 g/mol. The fraction of sp³-hybridized carbons (Fsp3) is 0.200. The van der Waals surface area contributed by atoms with Crippen LogP contribution in [0.5, 0.6) is 0 Å². The summed E-state index contributed by atoms with van der Waals surface area (Å²) in [5.41, 5.74) is 4.42. The highest BCUT2D eigenvalue weighted by Crippen LogP contribution is 2.27. The van der Waals surface area contributed by atoms with Gasteiger partial charge >= 0.3 is 6.18 Å². The quantitative estimate of drug-likeness (QED) is 0.878. The van der Waals surface area contributed by atoms with Gasteiger partial charge in [-0.05, 0) is 18.2 Å². The molecule has 0 amide bonds.